The molecular formula is C11H22O6. The fraction of sp³-hybridized carbons (Fsp3) is 1.00. The molecule has 1 aliphatic heterocycles. The molecule has 0 radical (unpaired) electrons. The third-order valence-corrected chi connectivity index (χ3v) is 2.88. The van der Waals surface area contributed by atoms with Crippen molar-refractivity contribution in [3.8, 4) is 0 Å². The van der Waals surface area contributed by atoms with Gasteiger partial charge in [0.15, 0.2) is 6.29 Å². The SMILES string of the molecule is CCCCCO[C@@H]1O[C@H](CO)[C@@H](O)[C@@H](O)[C@H]1O. The molecule has 5 atom stereocenters. The zero-order valence-electron chi connectivity index (χ0n) is 10.0. The summed E-state index contributed by atoms with van der Waals surface area (Å²) < 4.78 is 10.5. The average Bonchev–Trinajstić information content (AvgIpc) is 2.34. The highest BCUT2D eigenvalue weighted by molar-refractivity contribution is 4.88. The molecule has 0 aromatic carbocycles. The Bertz CT molecular complexity index is 210. The molecule has 1 fully saturated rings. The molecular weight excluding hydrogens is 228 g/mol. The molecule has 0 saturated carbocycles. The fourth-order valence-corrected chi connectivity index (χ4v) is 1.76. The summed E-state index contributed by atoms with van der Waals surface area (Å²) >= 11 is 0. The molecule has 1 aliphatic rings. The number of hydrogen-bond acceptors (Lipinski definition) is 6. The number of hydrogen-bond donors (Lipinski definition) is 4. The molecule has 17 heavy (non-hydrogen) atoms. The zero-order chi connectivity index (χ0) is 12.8. The van der Waals surface area contributed by atoms with Crippen LogP contribution < -0.4 is 0 Å². The Kier molecular flexibility index (Phi) is 6.32. The summed E-state index contributed by atoms with van der Waals surface area (Å²) in [7, 11) is 0. The molecule has 1 saturated heterocycles. The van der Waals surface area contributed by atoms with E-state index < -0.39 is 37.3 Å². The van der Waals surface area contributed by atoms with Crippen LogP contribution in [-0.2, 0) is 9.47 Å². The van der Waals surface area contributed by atoms with Crippen LogP contribution in [0.25, 0.3) is 0 Å². The van der Waals surface area contributed by atoms with Gasteiger partial charge in [0.2, 0.25) is 0 Å². The predicted octanol–water partition coefficient (Wildman–Crippen LogP) is -1.01. The molecule has 0 aliphatic carbocycles. The second-order valence-corrected chi connectivity index (χ2v) is 4.28. The summed E-state index contributed by atoms with van der Waals surface area (Å²) in [6, 6.07) is 0. The van der Waals surface area contributed by atoms with E-state index in [-0.39, 0.29) is 0 Å². The van der Waals surface area contributed by atoms with Crippen molar-refractivity contribution in [2.24, 2.45) is 0 Å². The predicted molar refractivity (Wildman–Crippen MR) is 59.2 cm³/mol. The lowest BCUT2D eigenvalue weighted by Crippen LogP contribution is -2.59. The maximum Gasteiger partial charge on any atom is 0.186 e. The second kappa shape index (κ2) is 7.25. The highest BCUT2D eigenvalue weighted by Gasteiger charge is 2.43. The molecule has 0 amide bonds. The first-order chi connectivity index (χ1) is 8.11. The van der Waals surface area contributed by atoms with Gasteiger partial charge in [0, 0.05) is 6.61 Å². The maximum atomic E-state index is 9.64. The molecule has 0 spiro atoms. The topological polar surface area (TPSA) is 99.4 Å². The minimum Gasteiger partial charge on any atom is -0.394 e. The summed E-state index contributed by atoms with van der Waals surface area (Å²) in [6.07, 6.45) is -2.98. The van der Waals surface area contributed by atoms with Gasteiger partial charge in [0.25, 0.3) is 0 Å². The lowest BCUT2D eigenvalue weighted by Gasteiger charge is -2.39. The van der Waals surface area contributed by atoms with Crippen molar-refractivity contribution in [1.82, 2.24) is 0 Å². The molecule has 1 heterocycles. The molecule has 0 aromatic heterocycles. The number of rotatable bonds is 6. The van der Waals surface area contributed by atoms with Crippen molar-refractivity contribution in [3.05, 3.63) is 0 Å². The van der Waals surface area contributed by atoms with E-state index in [0.717, 1.165) is 19.3 Å². The van der Waals surface area contributed by atoms with Crippen LogP contribution in [0.1, 0.15) is 26.2 Å². The summed E-state index contributed by atoms with van der Waals surface area (Å²) in [4.78, 5) is 0. The van der Waals surface area contributed by atoms with Crippen LogP contribution >= 0.6 is 0 Å². The summed E-state index contributed by atoms with van der Waals surface area (Å²) in [5.74, 6) is 0. The van der Waals surface area contributed by atoms with Crippen LogP contribution in [-0.4, -0.2) is 64.3 Å². The van der Waals surface area contributed by atoms with Crippen LogP contribution in [0, 0.1) is 0 Å². The first-order valence-corrected chi connectivity index (χ1v) is 6.04. The van der Waals surface area contributed by atoms with Gasteiger partial charge in [-0.2, -0.15) is 0 Å². The molecule has 1 rings (SSSR count). The van der Waals surface area contributed by atoms with Gasteiger partial charge in [-0.3, -0.25) is 0 Å². The Morgan fingerprint density at radius 2 is 1.76 bits per heavy atom. The van der Waals surface area contributed by atoms with Crippen molar-refractivity contribution >= 4 is 0 Å². The van der Waals surface area contributed by atoms with E-state index in [0.29, 0.717) is 6.61 Å². The molecule has 4 N–H and O–H groups in total. The quantitative estimate of drug-likeness (QED) is 0.451. The van der Waals surface area contributed by atoms with E-state index in [2.05, 4.69) is 6.92 Å². The van der Waals surface area contributed by atoms with E-state index in [1.807, 2.05) is 0 Å². The minimum atomic E-state index is -1.36. The van der Waals surface area contributed by atoms with E-state index in [9.17, 15) is 15.3 Å². The molecule has 6 nitrogen and oxygen atoms in total. The largest absolute Gasteiger partial charge is 0.394 e. The second-order valence-electron chi connectivity index (χ2n) is 4.28. The molecule has 0 unspecified atom stereocenters. The average molecular weight is 250 g/mol. The van der Waals surface area contributed by atoms with Crippen molar-refractivity contribution in [3.63, 3.8) is 0 Å². The number of aliphatic hydroxyl groups excluding tert-OH is 4. The number of unbranched alkanes of at least 4 members (excludes halogenated alkanes) is 2. The van der Waals surface area contributed by atoms with Gasteiger partial charge >= 0.3 is 0 Å². The first-order valence-electron chi connectivity index (χ1n) is 6.04. The van der Waals surface area contributed by atoms with E-state index in [4.69, 9.17) is 14.6 Å². The fourth-order valence-electron chi connectivity index (χ4n) is 1.76. The number of ether oxygens (including phenoxy) is 2. The Morgan fingerprint density at radius 3 is 2.35 bits per heavy atom. The van der Waals surface area contributed by atoms with Crippen LogP contribution in [0.3, 0.4) is 0 Å². The van der Waals surface area contributed by atoms with Crippen molar-refractivity contribution < 1.29 is 29.9 Å². The van der Waals surface area contributed by atoms with E-state index in [1.54, 1.807) is 0 Å². The van der Waals surface area contributed by atoms with Gasteiger partial charge in [-0.15, -0.1) is 0 Å². The smallest absolute Gasteiger partial charge is 0.186 e. The van der Waals surface area contributed by atoms with Crippen molar-refractivity contribution in [1.29, 1.82) is 0 Å². The molecule has 6 heteroatoms. The first kappa shape index (κ1) is 14.8. The molecule has 0 bridgehead atoms. The van der Waals surface area contributed by atoms with Crippen LogP contribution in [0.2, 0.25) is 0 Å². The lowest BCUT2D eigenvalue weighted by molar-refractivity contribution is -0.301. The maximum absolute atomic E-state index is 9.64. The van der Waals surface area contributed by atoms with Gasteiger partial charge in [-0.1, -0.05) is 19.8 Å². The standard InChI is InChI=1S/C11H22O6/c1-2-3-4-5-16-11-10(15)9(14)8(13)7(6-12)17-11/h7-15H,2-6H2,1H3/t7-,8-,9-,10-,11-/m1/s1. The van der Waals surface area contributed by atoms with Gasteiger partial charge < -0.3 is 29.9 Å². The van der Waals surface area contributed by atoms with Gasteiger partial charge in [-0.05, 0) is 6.42 Å². The van der Waals surface area contributed by atoms with Crippen LogP contribution in [0.4, 0.5) is 0 Å². The Labute approximate surface area is 101 Å². The Hall–Kier alpha value is -0.240. The monoisotopic (exact) mass is 250 g/mol. The van der Waals surface area contributed by atoms with Gasteiger partial charge in [0.05, 0.1) is 6.61 Å². The highest BCUT2D eigenvalue weighted by atomic mass is 16.7. The minimum absolute atomic E-state index is 0.413. The summed E-state index contributed by atoms with van der Waals surface area (Å²) in [5.41, 5.74) is 0. The van der Waals surface area contributed by atoms with E-state index in [1.165, 1.54) is 0 Å². The third-order valence-electron chi connectivity index (χ3n) is 2.88. The normalized spacial score (nSPS) is 38.3. The Balaban J connectivity index is 2.42. The highest BCUT2D eigenvalue weighted by Crippen LogP contribution is 2.22. The zero-order valence-corrected chi connectivity index (χ0v) is 10.0. The molecule has 102 valence electrons. The van der Waals surface area contributed by atoms with Gasteiger partial charge in [0.1, 0.15) is 24.4 Å². The van der Waals surface area contributed by atoms with Crippen LogP contribution in [0.5, 0.6) is 0 Å². The van der Waals surface area contributed by atoms with Crippen LogP contribution in [0.15, 0.2) is 0 Å². The van der Waals surface area contributed by atoms with Crippen molar-refractivity contribution in [2.45, 2.75) is 56.9 Å². The molecule has 0 aromatic rings. The van der Waals surface area contributed by atoms with E-state index >= 15 is 0 Å². The summed E-state index contributed by atoms with van der Waals surface area (Å²) in [6.45, 7) is 2.05. The Morgan fingerprint density at radius 1 is 1.06 bits per heavy atom. The summed E-state index contributed by atoms with van der Waals surface area (Å²) in [5, 5.41) is 37.6. The number of aliphatic hydroxyl groups is 4. The van der Waals surface area contributed by atoms with Crippen molar-refractivity contribution in [2.75, 3.05) is 13.2 Å². The lowest BCUT2D eigenvalue weighted by atomic mass is 9.99. The van der Waals surface area contributed by atoms with Gasteiger partial charge in [-0.25, -0.2) is 0 Å². The third kappa shape index (κ3) is 3.87.